The Kier molecular flexibility index (Phi) is 4.44. The molecule has 0 aliphatic heterocycles. The molecule has 0 fully saturated rings. The molecule has 0 spiro atoms. The molecule has 0 atom stereocenters. The molecular formula is C13H15N3OS. The van der Waals surface area contributed by atoms with Crippen LogP contribution in [0, 0.1) is 0 Å². The monoisotopic (exact) mass is 261 g/mol. The fraction of sp³-hybridized carbons (Fsp3) is 0.231. The number of hydrogen-bond donors (Lipinski definition) is 2. The zero-order chi connectivity index (χ0) is 12.8. The van der Waals surface area contributed by atoms with Gasteiger partial charge >= 0.3 is 0 Å². The SMILES string of the molecule is CNC(=O)c1ccc(CNCc2cscn2)cc1. The van der Waals surface area contributed by atoms with Crippen molar-refractivity contribution in [2.75, 3.05) is 7.05 Å². The first-order valence-electron chi connectivity index (χ1n) is 5.68. The molecule has 2 rings (SSSR count). The van der Waals surface area contributed by atoms with E-state index in [0.29, 0.717) is 5.56 Å². The topological polar surface area (TPSA) is 54.0 Å². The van der Waals surface area contributed by atoms with Crippen molar-refractivity contribution in [1.29, 1.82) is 0 Å². The van der Waals surface area contributed by atoms with Gasteiger partial charge in [0.15, 0.2) is 0 Å². The van der Waals surface area contributed by atoms with Gasteiger partial charge in [0.1, 0.15) is 0 Å². The summed E-state index contributed by atoms with van der Waals surface area (Å²) in [5.74, 6) is -0.0583. The van der Waals surface area contributed by atoms with Crippen molar-refractivity contribution in [2.45, 2.75) is 13.1 Å². The van der Waals surface area contributed by atoms with Gasteiger partial charge in [-0.05, 0) is 17.7 Å². The zero-order valence-corrected chi connectivity index (χ0v) is 11.0. The van der Waals surface area contributed by atoms with Crippen molar-refractivity contribution in [3.05, 3.63) is 52.0 Å². The average Bonchev–Trinajstić information content (AvgIpc) is 2.92. The van der Waals surface area contributed by atoms with Crippen LogP contribution in [-0.4, -0.2) is 17.9 Å². The molecule has 18 heavy (non-hydrogen) atoms. The zero-order valence-electron chi connectivity index (χ0n) is 10.1. The predicted molar refractivity (Wildman–Crippen MR) is 72.5 cm³/mol. The molecule has 94 valence electrons. The van der Waals surface area contributed by atoms with E-state index in [1.807, 2.05) is 35.2 Å². The van der Waals surface area contributed by atoms with E-state index in [9.17, 15) is 4.79 Å². The fourth-order valence-electron chi connectivity index (χ4n) is 1.58. The minimum Gasteiger partial charge on any atom is -0.355 e. The summed E-state index contributed by atoms with van der Waals surface area (Å²) in [4.78, 5) is 15.6. The Hall–Kier alpha value is -1.72. The van der Waals surface area contributed by atoms with Gasteiger partial charge in [-0.3, -0.25) is 4.79 Å². The first kappa shape index (κ1) is 12.7. The summed E-state index contributed by atoms with van der Waals surface area (Å²) in [6.07, 6.45) is 0. The third-order valence-electron chi connectivity index (χ3n) is 2.56. The Morgan fingerprint density at radius 2 is 2.06 bits per heavy atom. The van der Waals surface area contributed by atoms with Crippen molar-refractivity contribution in [3.63, 3.8) is 0 Å². The minimum absolute atomic E-state index is 0.0583. The molecule has 5 heteroatoms. The summed E-state index contributed by atoms with van der Waals surface area (Å²) in [7, 11) is 1.63. The summed E-state index contributed by atoms with van der Waals surface area (Å²) >= 11 is 1.60. The van der Waals surface area contributed by atoms with Gasteiger partial charge in [0.2, 0.25) is 0 Å². The number of rotatable bonds is 5. The highest BCUT2D eigenvalue weighted by atomic mass is 32.1. The molecule has 1 aromatic carbocycles. The second-order valence-corrected chi connectivity index (χ2v) is 4.58. The van der Waals surface area contributed by atoms with Crippen molar-refractivity contribution >= 4 is 17.2 Å². The summed E-state index contributed by atoms with van der Waals surface area (Å²) in [6.45, 7) is 1.53. The maximum Gasteiger partial charge on any atom is 0.251 e. The van der Waals surface area contributed by atoms with Crippen LogP contribution in [-0.2, 0) is 13.1 Å². The largest absolute Gasteiger partial charge is 0.355 e. The third kappa shape index (κ3) is 3.38. The number of nitrogens with zero attached hydrogens (tertiary/aromatic N) is 1. The van der Waals surface area contributed by atoms with E-state index in [0.717, 1.165) is 24.3 Å². The number of hydrogen-bond acceptors (Lipinski definition) is 4. The van der Waals surface area contributed by atoms with Gasteiger partial charge in [0, 0.05) is 31.1 Å². The molecule has 1 amide bonds. The number of nitrogens with one attached hydrogen (secondary N) is 2. The Bertz CT molecular complexity index is 493. The third-order valence-corrected chi connectivity index (χ3v) is 3.20. The van der Waals surface area contributed by atoms with Crippen LogP contribution in [0.15, 0.2) is 35.2 Å². The summed E-state index contributed by atoms with van der Waals surface area (Å²) in [6, 6.07) is 7.58. The van der Waals surface area contributed by atoms with E-state index in [4.69, 9.17) is 0 Å². The molecule has 0 saturated carbocycles. The average molecular weight is 261 g/mol. The normalized spacial score (nSPS) is 10.3. The first-order chi connectivity index (χ1) is 8.79. The highest BCUT2D eigenvalue weighted by Gasteiger charge is 2.02. The lowest BCUT2D eigenvalue weighted by molar-refractivity contribution is 0.0963. The molecule has 0 aliphatic rings. The standard InChI is InChI=1S/C13H15N3OS/c1-14-13(17)11-4-2-10(3-5-11)6-15-7-12-8-18-9-16-12/h2-5,8-9,15H,6-7H2,1H3,(H,14,17). The molecule has 0 unspecified atom stereocenters. The van der Waals surface area contributed by atoms with E-state index < -0.39 is 0 Å². The molecule has 1 heterocycles. The van der Waals surface area contributed by atoms with Gasteiger partial charge in [-0.1, -0.05) is 12.1 Å². The molecule has 4 nitrogen and oxygen atoms in total. The molecule has 0 saturated heterocycles. The van der Waals surface area contributed by atoms with E-state index in [2.05, 4.69) is 15.6 Å². The maximum atomic E-state index is 11.4. The molecule has 0 aliphatic carbocycles. The number of carbonyl (C=O) groups is 1. The van der Waals surface area contributed by atoms with Crippen molar-refractivity contribution < 1.29 is 4.79 Å². The van der Waals surface area contributed by atoms with E-state index in [-0.39, 0.29) is 5.91 Å². The molecule has 2 aromatic rings. The predicted octanol–water partition coefficient (Wildman–Crippen LogP) is 1.79. The second-order valence-electron chi connectivity index (χ2n) is 3.86. The van der Waals surface area contributed by atoms with E-state index >= 15 is 0 Å². The van der Waals surface area contributed by atoms with E-state index in [1.54, 1.807) is 18.4 Å². The summed E-state index contributed by atoms with van der Waals surface area (Å²) in [5, 5.41) is 7.94. The molecule has 0 radical (unpaired) electrons. The second kappa shape index (κ2) is 6.28. The van der Waals surface area contributed by atoms with Crippen LogP contribution in [0.4, 0.5) is 0 Å². The van der Waals surface area contributed by atoms with Gasteiger partial charge in [-0.25, -0.2) is 4.98 Å². The Morgan fingerprint density at radius 1 is 1.28 bits per heavy atom. The summed E-state index contributed by atoms with van der Waals surface area (Å²) < 4.78 is 0. The van der Waals surface area contributed by atoms with Crippen LogP contribution >= 0.6 is 11.3 Å². The van der Waals surface area contributed by atoms with Crippen molar-refractivity contribution in [3.8, 4) is 0 Å². The van der Waals surface area contributed by atoms with Crippen LogP contribution in [0.2, 0.25) is 0 Å². The van der Waals surface area contributed by atoms with Crippen LogP contribution < -0.4 is 10.6 Å². The maximum absolute atomic E-state index is 11.4. The lowest BCUT2D eigenvalue weighted by Crippen LogP contribution is -2.18. The summed E-state index contributed by atoms with van der Waals surface area (Å²) in [5.41, 5.74) is 4.72. The molecule has 0 bridgehead atoms. The minimum atomic E-state index is -0.0583. The highest BCUT2D eigenvalue weighted by molar-refractivity contribution is 7.07. The first-order valence-corrected chi connectivity index (χ1v) is 6.62. The van der Waals surface area contributed by atoms with Gasteiger partial charge in [-0.15, -0.1) is 11.3 Å². The van der Waals surface area contributed by atoms with Crippen molar-refractivity contribution in [2.24, 2.45) is 0 Å². The van der Waals surface area contributed by atoms with E-state index in [1.165, 1.54) is 0 Å². The molecule has 1 aromatic heterocycles. The lowest BCUT2D eigenvalue weighted by atomic mass is 10.1. The van der Waals surface area contributed by atoms with Crippen LogP contribution in [0.1, 0.15) is 21.6 Å². The Labute approximate surface area is 110 Å². The van der Waals surface area contributed by atoms with Gasteiger partial charge in [0.25, 0.3) is 5.91 Å². The van der Waals surface area contributed by atoms with Gasteiger partial charge in [0.05, 0.1) is 11.2 Å². The lowest BCUT2D eigenvalue weighted by Gasteiger charge is -2.04. The van der Waals surface area contributed by atoms with Crippen LogP contribution in [0.5, 0.6) is 0 Å². The van der Waals surface area contributed by atoms with Gasteiger partial charge in [-0.2, -0.15) is 0 Å². The number of benzene rings is 1. The molecule has 2 N–H and O–H groups in total. The smallest absolute Gasteiger partial charge is 0.251 e. The van der Waals surface area contributed by atoms with Crippen LogP contribution in [0.3, 0.4) is 0 Å². The number of amides is 1. The van der Waals surface area contributed by atoms with Gasteiger partial charge < -0.3 is 10.6 Å². The Morgan fingerprint density at radius 3 is 2.67 bits per heavy atom. The number of thiazole rings is 1. The van der Waals surface area contributed by atoms with Crippen molar-refractivity contribution in [1.82, 2.24) is 15.6 Å². The number of aromatic nitrogens is 1. The quantitative estimate of drug-likeness (QED) is 0.863. The Balaban J connectivity index is 1.85. The highest BCUT2D eigenvalue weighted by Crippen LogP contribution is 2.05. The van der Waals surface area contributed by atoms with Crippen LogP contribution in [0.25, 0.3) is 0 Å². The number of carbonyl (C=O) groups excluding carboxylic acids is 1. The fourth-order valence-corrected chi connectivity index (χ4v) is 2.14. The molecular weight excluding hydrogens is 246 g/mol.